The summed E-state index contributed by atoms with van der Waals surface area (Å²) >= 11 is 0. The lowest BCUT2D eigenvalue weighted by atomic mass is 9.63. The third-order valence-corrected chi connectivity index (χ3v) is 4.80. The van der Waals surface area contributed by atoms with E-state index in [0.717, 1.165) is 12.3 Å². The lowest BCUT2D eigenvalue weighted by Gasteiger charge is -2.42. The van der Waals surface area contributed by atoms with Crippen LogP contribution in [0.3, 0.4) is 0 Å². The van der Waals surface area contributed by atoms with Crippen LogP contribution in [0.1, 0.15) is 71.1 Å². The molecule has 0 spiro atoms. The Balaban J connectivity index is 0.00000127. The van der Waals surface area contributed by atoms with E-state index in [4.69, 9.17) is 0 Å². The number of benzene rings is 1. The summed E-state index contributed by atoms with van der Waals surface area (Å²) in [7, 11) is 0. The minimum Gasteiger partial charge on any atom is -0.285 e. The molecule has 0 bridgehead atoms. The van der Waals surface area contributed by atoms with Crippen LogP contribution in [-0.4, -0.2) is 12.3 Å². The highest BCUT2D eigenvalue weighted by atomic mass is 14.7. The van der Waals surface area contributed by atoms with Crippen LogP contribution in [0, 0.1) is 12.8 Å². The zero-order valence-corrected chi connectivity index (χ0v) is 15.6. The topological polar surface area (TPSA) is 12.4 Å². The van der Waals surface area contributed by atoms with Crippen molar-refractivity contribution in [3.63, 3.8) is 0 Å². The van der Waals surface area contributed by atoms with Crippen molar-refractivity contribution in [3.05, 3.63) is 47.0 Å². The molecule has 0 atom stereocenters. The van der Waals surface area contributed by atoms with Crippen molar-refractivity contribution in [2.75, 3.05) is 6.54 Å². The van der Waals surface area contributed by atoms with E-state index in [1.807, 2.05) is 0 Å². The van der Waals surface area contributed by atoms with Gasteiger partial charge in [-0.25, -0.2) is 0 Å². The van der Waals surface area contributed by atoms with Gasteiger partial charge in [0.15, 0.2) is 0 Å². The van der Waals surface area contributed by atoms with Crippen molar-refractivity contribution >= 4 is 5.71 Å². The number of aliphatic imine (C=N–C) groups is 1. The molecule has 1 aliphatic carbocycles. The first-order valence-electron chi connectivity index (χ1n) is 8.47. The summed E-state index contributed by atoms with van der Waals surface area (Å²) in [4.78, 5) is 4.65. The second-order valence-electron chi connectivity index (χ2n) is 7.39. The van der Waals surface area contributed by atoms with Gasteiger partial charge in [-0.1, -0.05) is 45.9 Å². The minimum absolute atomic E-state index is 0.258. The number of rotatable bonds is 3. The number of fused-ring (bicyclic) bond motifs is 1. The Bertz CT molecular complexity index is 612. The molecule has 0 aliphatic heterocycles. The van der Waals surface area contributed by atoms with Gasteiger partial charge in [0.1, 0.15) is 0 Å². The molecule has 0 amide bonds. The van der Waals surface area contributed by atoms with E-state index < -0.39 is 0 Å². The van der Waals surface area contributed by atoms with Crippen LogP contribution >= 0.6 is 0 Å². The van der Waals surface area contributed by atoms with Gasteiger partial charge < -0.3 is 0 Å². The van der Waals surface area contributed by atoms with Gasteiger partial charge in [0.2, 0.25) is 0 Å². The van der Waals surface area contributed by atoms with E-state index in [1.165, 1.54) is 29.5 Å². The monoisotopic (exact) mass is 309 g/mol. The zero-order valence-electron chi connectivity index (χ0n) is 15.6. The van der Waals surface area contributed by atoms with Crippen LogP contribution in [0.5, 0.6) is 0 Å². The van der Waals surface area contributed by atoms with Gasteiger partial charge in [0.25, 0.3) is 0 Å². The summed E-state index contributed by atoms with van der Waals surface area (Å²) in [5.41, 5.74) is 5.91. The molecular weight excluding hydrogens is 278 g/mol. The summed E-state index contributed by atoms with van der Waals surface area (Å²) in [6.07, 6.45) is 14.7. The summed E-state index contributed by atoms with van der Waals surface area (Å²) in [5, 5.41) is 0. The van der Waals surface area contributed by atoms with Crippen molar-refractivity contribution in [1.29, 1.82) is 0 Å². The lowest BCUT2D eigenvalue weighted by Crippen LogP contribution is -2.34. The number of hydrogen-bond acceptors (Lipinski definition) is 1. The molecule has 0 saturated carbocycles. The van der Waals surface area contributed by atoms with Crippen LogP contribution in [0.25, 0.3) is 0 Å². The lowest BCUT2D eigenvalue weighted by molar-refractivity contribution is 0.332. The number of hydrogen-bond donors (Lipinski definition) is 0. The first-order chi connectivity index (χ1) is 10.8. The highest BCUT2D eigenvalue weighted by Crippen LogP contribution is 2.45. The molecule has 0 radical (unpaired) electrons. The standard InChI is InChI=1S/C20H29N.C2H2/c1-7-9-18(21-8-2)15-10-11-16-17(14-15)20(5,6)13-12-19(16,3)4;1-2/h7,9-11,14H,8,12-13H2,1-6H3;1-2H/b9-7-,21-18?;. The maximum absolute atomic E-state index is 4.65. The quantitative estimate of drug-likeness (QED) is 0.504. The Labute approximate surface area is 142 Å². The van der Waals surface area contributed by atoms with Crippen LogP contribution < -0.4 is 0 Å². The molecule has 1 heteroatoms. The van der Waals surface area contributed by atoms with E-state index in [-0.39, 0.29) is 10.8 Å². The second-order valence-corrected chi connectivity index (χ2v) is 7.39. The molecule has 0 saturated heterocycles. The second kappa shape index (κ2) is 7.64. The molecule has 0 unspecified atom stereocenters. The predicted molar refractivity (Wildman–Crippen MR) is 104 cm³/mol. The Morgan fingerprint density at radius 3 is 2.17 bits per heavy atom. The molecule has 0 heterocycles. The average molecular weight is 309 g/mol. The van der Waals surface area contributed by atoms with Gasteiger partial charge in [0, 0.05) is 6.54 Å². The van der Waals surface area contributed by atoms with E-state index in [2.05, 4.69) is 89.7 Å². The highest BCUT2D eigenvalue weighted by Gasteiger charge is 2.36. The molecule has 23 heavy (non-hydrogen) atoms. The van der Waals surface area contributed by atoms with E-state index in [0.29, 0.717) is 0 Å². The molecular formula is C22H31N. The van der Waals surface area contributed by atoms with E-state index in [1.54, 1.807) is 0 Å². The first-order valence-corrected chi connectivity index (χ1v) is 8.47. The van der Waals surface area contributed by atoms with Gasteiger partial charge in [-0.15, -0.1) is 12.8 Å². The Morgan fingerprint density at radius 2 is 1.65 bits per heavy atom. The highest BCUT2D eigenvalue weighted by molar-refractivity contribution is 6.08. The maximum atomic E-state index is 4.65. The van der Waals surface area contributed by atoms with Crippen LogP contribution in [0.2, 0.25) is 0 Å². The van der Waals surface area contributed by atoms with Crippen molar-refractivity contribution in [3.8, 4) is 12.8 Å². The number of nitrogens with zero attached hydrogens (tertiary/aromatic N) is 1. The third kappa shape index (κ3) is 4.14. The van der Waals surface area contributed by atoms with Crippen LogP contribution in [0.15, 0.2) is 35.3 Å². The minimum atomic E-state index is 0.258. The summed E-state index contributed by atoms with van der Waals surface area (Å²) in [5.74, 6) is 0. The molecule has 1 aromatic carbocycles. The largest absolute Gasteiger partial charge is 0.285 e. The Hall–Kier alpha value is -1.81. The van der Waals surface area contributed by atoms with Crippen LogP contribution in [0.4, 0.5) is 0 Å². The normalized spacial score (nSPS) is 18.9. The van der Waals surface area contributed by atoms with Gasteiger partial charge in [-0.3, -0.25) is 4.99 Å². The molecule has 1 aliphatic rings. The van der Waals surface area contributed by atoms with Crippen molar-refractivity contribution in [2.45, 2.75) is 65.2 Å². The van der Waals surface area contributed by atoms with Crippen molar-refractivity contribution in [1.82, 2.24) is 0 Å². The summed E-state index contributed by atoms with van der Waals surface area (Å²) in [6, 6.07) is 6.96. The molecule has 1 aromatic rings. The summed E-state index contributed by atoms with van der Waals surface area (Å²) < 4.78 is 0. The smallest absolute Gasteiger partial charge is 0.0643 e. The van der Waals surface area contributed by atoms with Crippen molar-refractivity contribution < 1.29 is 0 Å². The fourth-order valence-electron chi connectivity index (χ4n) is 3.32. The Kier molecular flexibility index (Phi) is 6.39. The molecule has 1 nitrogen and oxygen atoms in total. The van der Waals surface area contributed by atoms with E-state index in [9.17, 15) is 0 Å². The van der Waals surface area contributed by atoms with E-state index >= 15 is 0 Å². The van der Waals surface area contributed by atoms with Gasteiger partial charge in [-0.2, -0.15) is 0 Å². The Morgan fingerprint density at radius 1 is 1.09 bits per heavy atom. The fraction of sp³-hybridized carbons (Fsp3) is 0.500. The maximum Gasteiger partial charge on any atom is 0.0643 e. The fourth-order valence-corrected chi connectivity index (χ4v) is 3.32. The van der Waals surface area contributed by atoms with Gasteiger partial charge in [-0.05, 0) is 66.4 Å². The predicted octanol–water partition coefficient (Wildman–Crippen LogP) is 5.67. The molecule has 0 fully saturated rings. The first kappa shape index (κ1) is 19.2. The summed E-state index contributed by atoms with van der Waals surface area (Å²) in [6.45, 7) is 14.5. The molecule has 0 N–H and O–H groups in total. The SMILES string of the molecule is C#C.C/C=C\C(=NCC)c1ccc2c(c1)C(C)(C)CCC2(C)C. The van der Waals surface area contributed by atoms with Gasteiger partial charge in [0.05, 0.1) is 5.71 Å². The van der Waals surface area contributed by atoms with Crippen molar-refractivity contribution in [2.24, 2.45) is 4.99 Å². The molecule has 0 aromatic heterocycles. The number of terminal acetylenes is 1. The molecule has 2 rings (SSSR count). The number of allylic oxidation sites excluding steroid dienone is 2. The van der Waals surface area contributed by atoms with Gasteiger partial charge >= 0.3 is 0 Å². The molecule has 124 valence electrons. The average Bonchev–Trinajstić information content (AvgIpc) is 2.53. The zero-order chi connectivity index (χ0) is 17.7. The van der Waals surface area contributed by atoms with Crippen LogP contribution in [-0.2, 0) is 10.8 Å². The third-order valence-electron chi connectivity index (χ3n) is 4.80.